The van der Waals surface area contributed by atoms with Crippen LogP contribution in [-0.4, -0.2) is 116 Å². The van der Waals surface area contributed by atoms with Crippen molar-refractivity contribution in [2.45, 2.75) is 91.0 Å². The van der Waals surface area contributed by atoms with Crippen LogP contribution in [0.5, 0.6) is 0 Å². The summed E-state index contributed by atoms with van der Waals surface area (Å²) in [6.07, 6.45) is -0.537. The second-order valence-corrected chi connectivity index (χ2v) is 9.09. The van der Waals surface area contributed by atoms with Gasteiger partial charge in [0.15, 0.2) is 0 Å². The number of methoxy groups -OCH3 is 2. The minimum atomic E-state index is -1.11. The van der Waals surface area contributed by atoms with Crippen LogP contribution in [-0.2, 0) is 67.0 Å². The Labute approximate surface area is 247 Å². The number of aliphatic carboxylic acids is 2. The van der Waals surface area contributed by atoms with Crippen molar-refractivity contribution in [3.05, 3.63) is 0 Å². The van der Waals surface area contributed by atoms with E-state index in [4.69, 9.17) is 37.9 Å². The van der Waals surface area contributed by atoms with Crippen molar-refractivity contribution in [2.24, 2.45) is 0 Å². The smallest absolute Gasteiger partial charge is 0.550 e. The standard InChI is InChI=1S/2C13H26O6.Zn/c2*1-10(7-16-4)18-9-12(3)19-8-11(2)17-6-5-13(14)15;/h2*10-12H,5-9H2,1-4H3,(H,14,15);/q;;+2/p-2. The molecule has 0 saturated heterocycles. The molecule has 0 heterocycles. The van der Waals surface area contributed by atoms with Gasteiger partial charge in [-0.2, -0.15) is 0 Å². The van der Waals surface area contributed by atoms with E-state index in [1.807, 2.05) is 41.5 Å². The molecular formula is C26H50O12Zn. The first-order valence-electron chi connectivity index (χ1n) is 13.0. The maximum absolute atomic E-state index is 10.2. The minimum Gasteiger partial charge on any atom is -0.550 e. The zero-order chi connectivity index (χ0) is 29.3. The molecule has 0 aromatic carbocycles. The van der Waals surface area contributed by atoms with Gasteiger partial charge >= 0.3 is 19.5 Å². The number of carboxylic acid groups (broad SMARTS) is 2. The van der Waals surface area contributed by atoms with Crippen LogP contribution in [0.3, 0.4) is 0 Å². The molecule has 0 N–H and O–H groups in total. The zero-order valence-corrected chi connectivity index (χ0v) is 28.1. The molecule has 0 spiro atoms. The average molecular weight is 620 g/mol. The van der Waals surface area contributed by atoms with Crippen LogP contribution >= 0.6 is 0 Å². The van der Waals surface area contributed by atoms with E-state index in [1.165, 1.54) is 0 Å². The Hall–Kier alpha value is -0.757. The Morgan fingerprint density at radius 1 is 0.487 bits per heavy atom. The molecule has 12 nitrogen and oxygen atoms in total. The summed E-state index contributed by atoms with van der Waals surface area (Å²) in [5.41, 5.74) is 0. The van der Waals surface area contributed by atoms with E-state index in [0.29, 0.717) is 39.6 Å². The van der Waals surface area contributed by atoms with Gasteiger partial charge in [0.05, 0.1) is 89.5 Å². The third-order valence-electron chi connectivity index (χ3n) is 4.68. The molecule has 0 fully saturated rings. The maximum Gasteiger partial charge on any atom is 2.00 e. The van der Waals surface area contributed by atoms with Crippen LogP contribution in [0.4, 0.5) is 0 Å². The summed E-state index contributed by atoms with van der Waals surface area (Å²) < 4.78 is 42.5. The molecule has 0 aliphatic rings. The average Bonchev–Trinajstić information content (AvgIpc) is 2.84. The van der Waals surface area contributed by atoms with Gasteiger partial charge in [-0.15, -0.1) is 0 Å². The summed E-state index contributed by atoms with van der Waals surface area (Å²) in [5.74, 6) is -2.22. The molecule has 0 bridgehead atoms. The van der Waals surface area contributed by atoms with Gasteiger partial charge in [-0.1, -0.05) is 0 Å². The van der Waals surface area contributed by atoms with Crippen LogP contribution in [0.1, 0.15) is 54.4 Å². The van der Waals surface area contributed by atoms with E-state index in [9.17, 15) is 19.8 Å². The second kappa shape index (κ2) is 28.8. The molecule has 0 aliphatic heterocycles. The van der Waals surface area contributed by atoms with Gasteiger partial charge in [0.1, 0.15) is 0 Å². The SMILES string of the molecule is COCC(C)OCC(C)OCC(C)OCCC(=O)[O-].COCC(C)OCC(C)OCC(C)OCCC(=O)[O-].[Zn+2]. The van der Waals surface area contributed by atoms with Gasteiger partial charge in [0.2, 0.25) is 0 Å². The van der Waals surface area contributed by atoms with Crippen molar-refractivity contribution in [1.29, 1.82) is 0 Å². The number of carbonyl (C=O) groups excluding carboxylic acids is 2. The third-order valence-corrected chi connectivity index (χ3v) is 4.68. The molecule has 0 radical (unpaired) electrons. The quantitative estimate of drug-likeness (QED) is 0.133. The summed E-state index contributed by atoms with van der Waals surface area (Å²) in [5, 5.41) is 20.4. The van der Waals surface area contributed by atoms with Crippen molar-refractivity contribution in [3.63, 3.8) is 0 Å². The van der Waals surface area contributed by atoms with E-state index >= 15 is 0 Å². The van der Waals surface area contributed by atoms with Gasteiger partial charge in [0, 0.05) is 39.0 Å². The zero-order valence-electron chi connectivity index (χ0n) is 25.1. The number of ether oxygens (including phenoxy) is 8. The number of carbonyl (C=O) groups is 2. The van der Waals surface area contributed by atoms with Crippen LogP contribution in [0.15, 0.2) is 0 Å². The molecule has 6 atom stereocenters. The Kier molecular flexibility index (Phi) is 31.5. The monoisotopic (exact) mass is 618 g/mol. The molecular weight excluding hydrogens is 570 g/mol. The Morgan fingerprint density at radius 2 is 0.718 bits per heavy atom. The van der Waals surface area contributed by atoms with Gasteiger partial charge < -0.3 is 57.7 Å². The maximum atomic E-state index is 10.2. The summed E-state index contributed by atoms with van der Waals surface area (Å²) in [6.45, 7) is 14.5. The molecule has 0 aliphatic carbocycles. The first kappa shape index (κ1) is 42.7. The normalized spacial score (nSPS) is 15.6. The van der Waals surface area contributed by atoms with Gasteiger partial charge in [-0.3, -0.25) is 0 Å². The van der Waals surface area contributed by atoms with Crippen molar-refractivity contribution in [2.75, 3.05) is 67.1 Å². The van der Waals surface area contributed by atoms with Gasteiger partial charge in [-0.25, -0.2) is 0 Å². The fraction of sp³-hybridized carbons (Fsp3) is 0.923. The number of rotatable bonds is 24. The first-order chi connectivity index (χ1) is 17.9. The molecule has 0 aromatic heterocycles. The largest absolute Gasteiger partial charge is 2.00 e. The van der Waals surface area contributed by atoms with Crippen molar-refractivity contribution >= 4 is 11.9 Å². The molecule has 13 heteroatoms. The Balaban J connectivity index is -0.000000648. The minimum absolute atomic E-state index is 0. The van der Waals surface area contributed by atoms with Crippen LogP contribution in [0.2, 0.25) is 0 Å². The van der Waals surface area contributed by atoms with E-state index in [1.54, 1.807) is 14.2 Å². The van der Waals surface area contributed by atoms with Crippen molar-refractivity contribution < 1.29 is 77.2 Å². The van der Waals surface area contributed by atoms with E-state index in [2.05, 4.69) is 0 Å². The van der Waals surface area contributed by atoms with Crippen molar-refractivity contribution in [3.8, 4) is 0 Å². The molecule has 39 heavy (non-hydrogen) atoms. The topological polar surface area (TPSA) is 154 Å². The molecule has 6 unspecified atom stereocenters. The molecule has 0 aromatic rings. The number of carboxylic acids is 2. The summed E-state index contributed by atoms with van der Waals surface area (Å²) in [6, 6.07) is 0. The molecule has 0 rings (SSSR count). The fourth-order valence-electron chi connectivity index (χ4n) is 2.64. The van der Waals surface area contributed by atoms with Crippen LogP contribution < -0.4 is 10.2 Å². The summed E-state index contributed by atoms with van der Waals surface area (Å²) in [4.78, 5) is 20.4. The van der Waals surface area contributed by atoms with E-state index < -0.39 is 11.9 Å². The molecule has 0 saturated carbocycles. The van der Waals surface area contributed by atoms with Crippen LogP contribution in [0.25, 0.3) is 0 Å². The van der Waals surface area contributed by atoms with E-state index in [-0.39, 0.29) is 82.2 Å². The molecule has 228 valence electrons. The van der Waals surface area contributed by atoms with Gasteiger partial charge in [-0.05, 0) is 41.5 Å². The first-order valence-corrected chi connectivity index (χ1v) is 13.0. The molecule has 0 amide bonds. The predicted molar refractivity (Wildman–Crippen MR) is 135 cm³/mol. The van der Waals surface area contributed by atoms with Crippen LogP contribution in [0, 0.1) is 0 Å². The third kappa shape index (κ3) is 33.4. The van der Waals surface area contributed by atoms with E-state index in [0.717, 1.165) is 0 Å². The predicted octanol–water partition coefficient (Wildman–Crippen LogP) is -0.0263. The Morgan fingerprint density at radius 3 is 0.949 bits per heavy atom. The summed E-state index contributed by atoms with van der Waals surface area (Å²) >= 11 is 0. The summed E-state index contributed by atoms with van der Waals surface area (Å²) in [7, 11) is 3.26. The van der Waals surface area contributed by atoms with Gasteiger partial charge in [0.25, 0.3) is 0 Å². The number of hydrogen-bond donors (Lipinski definition) is 0. The second-order valence-electron chi connectivity index (χ2n) is 9.09. The van der Waals surface area contributed by atoms with Crippen molar-refractivity contribution in [1.82, 2.24) is 0 Å². The number of hydrogen-bond acceptors (Lipinski definition) is 12. The fourth-order valence-corrected chi connectivity index (χ4v) is 2.64. The Bertz CT molecular complexity index is 521.